The Morgan fingerprint density at radius 1 is 0.852 bits per heavy atom. The first-order valence-corrected chi connectivity index (χ1v) is 24.6. The fourth-order valence-corrected chi connectivity index (χ4v) is 11.7. The number of aliphatic hydroxyl groups excluding tert-OH is 1. The third-order valence-electron chi connectivity index (χ3n) is 9.29. The summed E-state index contributed by atoms with van der Waals surface area (Å²) in [5, 5.41) is 11.8. The SMILES string of the molecule is CC(C)(C)C(=O)OCSP1(=O)OC[C@H]2O[C@@H](n3cnc4c(=O)[nH]c(N)nc43)C(OP(=O)(SCOC(=O)C(C)(C)C)OCC3OC(n4cnc5c(N)ncnc54)C(F)C3O1)C2O. The van der Waals surface area contributed by atoms with Crippen LogP contribution in [0.2, 0.25) is 0 Å². The van der Waals surface area contributed by atoms with E-state index in [0.717, 1.165) is 12.7 Å². The van der Waals surface area contributed by atoms with E-state index < -0.39 is 116 Å². The average Bonchev–Trinajstić information content (AvgIpc) is 3.94. The van der Waals surface area contributed by atoms with Crippen LogP contribution in [0, 0.1) is 10.8 Å². The summed E-state index contributed by atoms with van der Waals surface area (Å²) in [5.74, 6) is -2.80. The highest BCUT2D eigenvalue weighted by Crippen LogP contribution is 2.66. The zero-order chi connectivity index (χ0) is 44.2. The quantitative estimate of drug-likeness (QED) is 0.112. The number of carbonyl (C=O) groups is 2. The summed E-state index contributed by atoms with van der Waals surface area (Å²) in [6.45, 7) is -1.32. The molecule has 2 bridgehead atoms. The van der Waals surface area contributed by atoms with Crippen molar-refractivity contribution in [2.24, 2.45) is 10.8 Å². The Balaban J connectivity index is 1.27. The fourth-order valence-electron chi connectivity index (χ4n) is 6.10. The molecule has 61 heavy (non-hydrogen) atoms. The second-order valence-electron chi connectivity index (χ2n) is 15.9. The number of aromatic nitrogens is 8. The molecule has 7 rings (SSSR count). The van der Waals surface area contributed by atoms with Crippen LogP contribution in [0.1, 0.15) is 54.0 Å². The summed E-state index contributed by atoms with van der Waals surface area (Å²) in [7, 11) is 0. The molecule has 4 aromatic rings. The molecular formula is C32H43FN10O14P2S2. The second kappa shape index (κ2) is 17.1. The zero-order valence-electron chi connectivity index (χ0n) is 33.3. The van der Waals surface area contributed by atoms with Crippen molar-refractivity contribution >= 4 is 82.4 Å². The van der Waals surface area contributed by atoms with Crippen LogP contribution in [0.4, 0.5) is 16.2 Å². The van der Waals surface area contributed by atoms with E-state index in [1.54, 1.807) is 41.5 Å². The van der Waals surface area contributed by atoms with Gasteiger partial charge >= 0.3 is 25.5 Å². The molecule has 29 heteroatoms. The molecule has 3 fully saturated rings. The molecule has 24 nitrogen and oxygen atoms in total. The number of nitrogens with two attached hydrogens (primary N) is 2. The lowest BCUT2D eigenvalue weighted by molar-refractivity contribution is -0.151. The monoisotopic (exact) mass is 936 g/mol. The van der Waals surface area contributed by atoms with E-state index in [4.69, 9.17) is 48.5 Å². The number of carbonyl (C=O) groups excluding carboxylic acids is 2. The zero-order valence-corrected chi connectivity index (χ0v) is 36.7. The van der Waals surface area contributed by atoms with Gasteiger partial charge in [0.25, 0.3) is 5.56 Å². The van der Waals surface area contributed by atoms with Crippen molar-refractivity contribution in [3.63, 3.8) is 0 Å². The molecule has 0 saturated carbocycles. The number of aliphatic hydroxyl groups is 1. The summed E-state index contributed by atoms with van der Waals surface area (Å²) in [6, 6.07) is 0. The standard InChI is InChI=1S/C32H43FN10O14P2S2/c1-31(2,3)28(46)50-12-60-58(48)52-7-14-19(44)21(27(54-14)43-11-39-18-24(43)40-30(35)41-25(18)45)57-59(49,61-13-51-29(47)32(4,5)6)53-8-15-20(56-58)16(33)26(55-15)42-10-38-17-22(34)36-9-37-23(17)42/h9-11,14-16,19-21,26-27,44H,7-8,12-13H2,1-6H3,(H2,34,36,37)(H3,35,40,41,45)/t14-,15?,16?,19?,20?,21?,26?,27-,58?,59?/m1/s1. The average molecular weight is 937 g/mol. The number of ether oxygens (including phenoxy) is 4. The van der Waals surface area contributed by atoms with Gasteiger partial charge in [0, 0.05) is 22.8 Å². The molecule has 3 saturated heterocycles. The van der Waals surface area contributed by atoms with E-state index in [9.17, 15) is 28.6 Å². The number of rotatable bonds is 8. The van der Waals surface area contributed by atoms with Crippen LogP contribution in [-0.2, 0) is 55.8 Å². The third kappa shape index (κ3) is 9.47. The predicted molar refractivity (Wildman–Crippen MR) is 214 cm³/mol. The minimum atomic E-state index is -4.70. The minimum Gasteiger partial charge on any atom is -0.454 e. The van der Waals surface area contributed by atoms with Gasteiger partial charge in [-0.2, -0.15) is 4.98 Å². The highest BCUT2D eigenvalue weighted by Gasteiger charge is 2.55. The molecule has 0 aromatic carbocycles. The van der Waals surface area contributed by atoms with E-state index in [1.165, 1.54) is 15.5 Å². The number of anilines is 2. The molecule has 0 spiro atoms. The van der Waals surface area contributed by atoms with Crippen LogP contribution in [0.15, 0.2) is 23.8 Å². The van der Waals surface area contributed by atoms with E-state index >= 15 is 4.39 Å². The topological polar surface area (TPSA) is 322 Å². The van der Waals surface area contributed by atoms with Gasteiger partial charge in [-0.05, 0) is 41.5 Å². The number of fused-ring (bicyclic) bond motifs is 5. The number of H-pyrrole nitrogens is 1. The number of nitrogens with one attached hydrogen (secondary N) is 1. The molecule has 6 N–H and O–H groups in total. The van der Waals surface area contributed by atoms with Gasteiger partial charge < -0.3 is 35.5 Å². The first-order chi connectivity index (χ1) is 28.6. The van der Waals surface area contributed by atoms with Gasteiger partial charge in [-0.25, -0.2) is 33.5 Å². The van der Waals surface area contributed by atoms with E-state index in [0.29, 0.717) is 22.8 Å². The first kappa shape index (κ1) is 45.3. The van der Waals surface area contributed by atoms with Gasteiger partial charge in [0.2, 0.25) is 5.95 Å². The van der Waals surface area contributed by atoms with Crippen LogP contribution in [-0.4, -0.2) is 118 Å². The van der Waals surface area contributed by atoms with E-state index in [2.05, 4.69) is 29.9 Å². The molecular weight excluding hydrogens is 893 g/mol. The van der Waals surface area contributed by atoms with Crippen LogP contribution in [0.3, 0.4) is 0 Å². The highest BCUT2D eigenvalue weighted by atomic mass is 32.7. The Labute approximate surface area is 353 Å². The largest absolute Gasteiger partial charge is 0.454 e. The van der Waals surface area contributed by atoms with Crippen molar-refractivity contribution < 1.29 is 65.3 Å². The maximum Gasteiger partial charge on any atom is 0.392 e. The minimum absolute atomic E-state index is 0.00671. The summed E-state index contributed by atoms with van der Waals surface area (Å²) in [6.07, 6.45) is -10.1. The molecule has 4 aromatic heterocycles. The molecule has 3 aliphatic heterocycles. The van der Waals surface area contributed by atoms with Gasteiger partial charge in [0.15, 0.2) is 41.3 Å². The summed E-state index contributed by atoms with van der Waals surface area (Å²) in [5.41, 5.74) is 9.07. The normalized spacial score (nSPS) is 31.3. The van der Waals surface area contributed by atoms with E-state index in [1.807, 2.05) is 0 Å². The summed E-state index contributed by atoms with van der Waals surface area (Å²) < 4.78 is 95.7. The Kier molecular flexibility index (Phi) is 12.7. The Morgan fingerprint density at radius 2 is 1.39 bits per heavy atom. The van der Waals surface area contributed by atoms with E-state index in [-0.39, 0.29) is 34.1 Å². The molecule has 8 unspecified atom stereocenters. The van der Waals surface area contributed by atoms with Gasteiger partial charge in [-0.1, -0.05) is 0 Å². The third-order valence-corrected chi connectivity index (χ3v) is 16.0. The van der Waals surface area contributed by atoms with Gasteiger partial charge in [-0.15, -0.1) is 0 Å². The summed E-state index contributed by atoms with van der Waals surface area (Å²) >= 11 is 0.807. The van der Waals surface area contributed by atoms with Crippen LogP contribution < -0.4 is 17.0 Å². The molecule has 0 radical (unpaired) electrons. The maximum absolute atomic E-state index is 16.9. The predicted octanol–water partition coefficient (Wildman–Crippen LogP) is 3.21. The Bertz CT molecular complexity index is 2460. The van der Waals surface area contributed by atoms with Gasteiger partial charge in [-0.3, -0.25) is 46.6 Å². The smallest absolute Gasteiger partial charge is 0.392 e. The van der Waals surface area contributed by atoms with Gasteiger partial charge in [0.05, 0.1) is 36.7 Å². The van der Waals surface area contributed by atoms with Gasteiger partial charge in [0.1, 0.15) is 54.2 Å². The Hall–Kier alpha value is -3.75. The number of halogens is 1. The number of hydrogen-bond donors (Lipinski definition) is 4. The number of nitrogens with zero attached hydrogens (tertiary/aromatic N) is 7. The van der Waals surface area contributed by atoms with Crippen LogP contribution in [0.25, 0.3) is 22.3 Å². The lowest BCUT2D eigenvalue weighted by Crippen LogP contribution is -2.35. The molecule has 0 amide bonds. The number of imidazole rings is 2. The fraction of sp³-hybridized carbons (Fsp3) is 0.625. The maximum atomic E-state index is 16.9. The van der Waals surface area contributed by atoms with Crippen molar-refractivity contribution in [2.75, 3.05) is 36.6 Å². The molecule has 334 valence electrons. The number of hydrogen-bond acceptors (Lipinski definition) is 23. The van der Waals surface area contributed by atoms with Crippen molar-refractivity contribution in [3.05, 3.63) is 29.3 Å². The molecule has 10 atom stereocenters. The number of esters is 2. The lowest BCUT2D eigenvalue weighted by atomic mass is 9.98. The van der Waals surface area contributed by atoms with Crippen molar-refractivity contribution in [1.82, 2.24) is 39.0 Å². The van der Waals surface area contributed by atoms with Crippen molar-refractivity contribution in [2.45, 2.75) is 90.7 Å². The van der Waals surface area contributed by atoms with Crippen LogP contribution >= 0.6 is 36.4 Å². The number of nitrogen functional groups attached to an aromatic ring is 2. The second-order valence-corrected chi connectivity index (χ2v) is 23.9. The number of aromatic amines is 1. The first-order valence-electron chi connectivity index (χ1n) is 18.4. The van der Waals surface area contributed by atoms with Crippen LogP contribution in [0.5, 0.6) is 0 Å². The number of alkyl halides is 1. The Morgan fingerprint density at radius 3 is 2.00 bits per heavy atom. The summed E-state index contributed by atoms with van der Waals surface area (Å²) in [4.78, 5) is 60.8. The lowest BCUT2D eigenvalue weighted by Gasteiger charge is -2.28. The van der Waals surface area contributed by atoms with Crippen molar-refractivity contribution in [3.8, 4) is 0 Å². The molecule has 3 aliphatic rings. The van der Waals surface area contributed by atoms with Crippen molar-refractivity contribution in [1.29, 1.82) is 0 Å². The highest BCUT2D eigenvalue weighted by molar-refractivity contribution is 8.55. The molecule has 0 aliphatic carbocycles. The molecule has 7 heterocycles.